The van der Waals surface area contributed by atoms with Crippen LogP contribution in [-0.2, 0) is 40.1 Å². The highest BCUT2D eigenvalue weighted by Crippen LogP contribution is 2.44. The number of fused-ring (bicyclic) bond motifs is 2. The number of benzene rings is 2. The normalized spacial score (nSPS) is 17.7. The summed E-state index contributed by atoms with van der Waals surface area (Å²) < 4.78 is 48.7. The number of sulfone groups is 2. The average Bonchev–Trinajstić information content (AvgIpc) is 4.15. The molecule has 0 unspecified atom stereocenters. The molecule has 4 heterocycles. The Kier molecular flexibility index (Phi) is 11.7. The van der Waals surface area contributed by atoms with Crippen molar-refractivity contribution in [2.45, 2.75) is 87.5 Å². The molecule has 2 aromatic heterocycles. The zero-order valence-electron chi connectivity index (χ0n) is 34.2. The summed E-state index contributed by atoms with van der Waals surface area (Å²) in [7, 11) is -6.11. The number of carbonyl (C=O) groups is 4. The molecule has 4 amide bonds. The highest BCUT2D eigenvalue weighted by molar-refractivity contribution is 7.92. The van der Waals surface area contributed by atoms with Gasteiger partial charge in [0.1, 0.15) is 0 Å². The molecule has 0 atom stereocenters. The number of carbonyl (C=O) groups excluding carboxylic acids is 4. The van der Waals surface area contributed by atoms with Crippen LogP contribution in [0.15, 0.2) is 85.5 Å². The van der Waals surface area contributed by atoms with Crippen molar-refractivity contribution in [3.05, 3.63) is 108 Å². The third kappa shape index (κ3) is 8.99. The van der Waals surface area contributed by atoms with Gasteiger partial charge in [0.05, 0.1) is 32.8 Å². The van der Waals surface area contributed by atoms with Gasteiger partial charge in [0.2, 0.25) is 11.8 Å². The molecule has 316 valence electrons. The molecule has 2 fully saturated rings. The molecule has 14 nitrogen and oxygen atoms in total. The second kappa shape index (κ2) is 16.5. The number of nitrogens with one attached hydrogen (secondary N) is 2. The molecule has 0 bridgehead atoms. The lowest BCUT2D eigenvalue weighted by Gasteiger charge is -2.20. The van der Waals surface area contributed by atoms with Gasteiger partial charge in [-0.3, -0.25) is 29.1 Å². The fourth-order valence-electron chi connectivity index (χ4n) is 7.74. The molecule has 2 N–H and O–H groups in total. The highest BCUT2D eigenvalue weighted by atomic mass is 32.2. The summed E-state index contributed by atoms with van der Waals surface area (Å²) in [5.41, 5.74) is 3.94. The minimum Gasteiger partial charge on any atom is -0.322 e. The first-order valence-corrected chi connectivity index (χ1v) is 23.6. The van der Waals surface area contributed by atoms with Crippen LogP contribution in [0.3, 0.4) is 0 Å². The van der Waals surface area contributed by atoms with Crippen molar-refractivity contribution in [3.63, 3.8) is 0 Å². The fraction of sp³-hybridized carbons (Fsp3) is 0.409. The van der Waals surface area contributed by atoms with Crippen LogP contribution in [0.5, 0.6) is 0 Å². The second-order valence-corrected chi connectivity index (χ2v) is 21.6. The smallest absolute Gasteiger partial charge is 0.255 e. The van der Waals surface area contributed by atoms with Gasteiger partial charge >= 0.3 is 0 Å². The predicted molar refractivity (Wildman–Crippen MR) is 231 cm³/mol. The first-order chi connectivity index (χ1) is 28.4. The molecular weight excluding hydrogens is 805 g/mol. The van der Waals surface area contributed by atoms with Gasteiger partial charge in [-0.15, -0.1) is 0 Å². The van der Waals surface area contributed by atoms with E-state index < -0.39 is 30.5 Å². The Labute approximate surface area is 351 Å². The third-order valence-corrected chi connectivity index (χ3v) is 16.3. The van der Waals surface area contributed by atoms with Gasteiger partial charge in [-0.2, -0.15) is 0 Å². The predicted octanol–water partition coefficient (Wildman–Crippen LogP) is 5.85. The largest absolute Gasteiger partial charge is 0.322 e. The van der Waals surface area contributed by atoms with E-state index >= 15 is 0 Å². The molecule has 60 heavy (non-hydrogen) atoms. The Morgan fingerprint density at radius 3 is 1.28 bits per heavy atom. The first kappa shape index (κ1) is 42.6. The number of hydrogen-bond acceptors (Lipinski definition) is 10. The maximum Gasteiger partial charge on any atom is 0.255 e. The number of rotatable bonds is 14. The second-order valence-electron chi connectivity index (χ2n) is 16.8. The summed E-state index contributed by atoms with van der Waals surface area (Å²) in [6.45, 7) is 8.13. The molecule has 2 saturated carbocycles. The summed E-state index contributed by atoms with van der Waals surface area (Å²) in [5, 5.41) is 5.33. The lowest BCUT2D eigenvalue weighted by Crippen LogP contribution is -2.37. The van der Waals surface area contributed by atoms with Gasteiger partial charge in [0.25, 0.3) is 11.8 Å². The number of nitrogens with zero attached hydrogens (tertiary/aromatic N) is 4. The van der Waals surface area contributed by atoms with Crippen molar-refractivity contribution in [2.75, 3.05) is 45.0 Å². The molecule has 0 radical (unpaired) electrons. The molecule has 2 aromatic carbocycles. The van der Waals surface area contributed by atoms with E-state index in [0.717, 1.165) is 48.2 Å². The van der Waals surface area contributed by atoms with Crippen LogP contribution in [0, 0.1) is 0 Å². The molecule has 2 aliphatic heterocycles. The summed E-state index contributed by atoms with van der Waals surface area (Å²) in [5.74, 6) is -0.449. The van der Waals surface area contributed by atoms with Gasteiger partial charge in [-0.25, -0.2) is 16.8 Å². The van der Waals surface area contributed by atoms with E-state index in [9.17, 15) is 36.0 Å². The number of pyridine rings is 2. The minimum absolute atomic E-state index is 0.0565. The molecule has 0 saturated heterocycles. The van der Waals surface area contributed by atoms with Crippen molar-refractivity contribution >= 4 is 66.1 Å². The topological polar surface area (TPSA) is 193 Å². The van der Waals surface area contributed by atoms with Crippen LogP contribution in [-0.4, -0.2) is 85.5 Å². The summed E-state index contributed by atoms with van der Waals surface area (Å²) in [6, 6.07) is 17.4. The molecule has 8 rings (SSSR count). The van der Waals surface area contributed by atoms with E-state index in [1.54, 1.807) is 83.1 Å². The van der Waals surface area contributed by atoms with Crippen LogP contribution in [0.25, 0.3) is 0 Å². The minimum atomic E-state index is -3.06. The zero-order chi connectivity index (χ0) is 43.0. The highest BCUT2D eigenvalue weighted by Gasteiger charge is 2.45. The standard InChI is InChI=1S/2C22H25N3O4S/c2*1-22(2)18-7-4-16(24-20(26)15-8-10-23-11-9-15)14-19(18)25(21(22)27)12-3-13-30(28,29)17-5-6-17/h2*4,7-11,14,17H,3,5-6,12-13H2,1-2H3,(H,24,26). The van der Waals surface area contributed by atoms with Crippen molar-refractivity contribution in [1.82, 2.24) is 9.97 Å². The van der Waals surface area contributed by atoms with Crippen molar-refractivity contribution < 1.29 is 36.0 Å². The molecule has 2 aliphatic carbocycles. The maximum atomic E-state index is 13.0. The van der Waals surface area contributed by atoms with E-state index in [-0.39, 0.29) is 45.6 Å². The molecule has 16 heteroatoms. The van der Waals surface area contributed by atoms with Crippen LogP contribution < -0.4 is 20.4 Å². The Hall–Kier alpha value is -5.48. The van der Waals surface area contributed by atoms with E-state index in [1.165, 1.54) is 0 Å². The van der Waals surface area contributed by atoms with E-state index in [0.29, 0.717) is 48.4 Å². The molecule has 4 aromatic rings. The summed E-state index contributed by atoms with van der Waals surface area (Å²) >= 11 is 0. The molecule has 0 spiro atoms. The number of hydrogen-bond donors (Lipinski definition) is 2. The summed E-state index contributed by atoms with van der Waals surface area (Å²) in [4.78, 5) is 62.1. The Morgan fingerprint density at radius 2 is 0.950 bits per heavy atom. The van der Waals surface area contributed by atoms with Crippen LogP contribution in [0.4, 0.5) is 22.7 Å². The number of aromatic nitrogens is 2. The number of amides is 4. The Bertz CT molecular complexity index is 2360. The van der Waals surface area contributed by atoms with Crippen molar-refractivity contribution in [3.8, 4) is 0 Å². The molecular formula is C44H50N6O8S2. The third-order valence-electron chi connectivity index (χ3n) is 11.6. The average molecular weight is 855 g/mol. The quantitative estimate of drug-likeness (QED) is 0.156. The van der Waals surface area contributed by atoms with Crippen molar-refractivity contribution in [2.24, 2.45) is 0 Å². The SMILES string of the molecule is CC1(C)C(=O)N(CCCS(=O)(=O)C2CC2)c2cc(NC(=O)c3ccncc3)ccc21.CC1(C)C(=O)N(CCCS(=O)(=O)C2CC2)c2cc(NC(=O)c3ccncc3)ccc21. The zero-order valence-corrected chi connectivity index (χ0v) is 35.8. The van der Waals surface area contributed by atoms with E-state index in [2.05, 4.69) is 20.6 Å². The van der Waals surface area contributed by atoms with E-state index in [4.69, 9.17) is 0 Å². The molecule has 4 aliphatic rings. The van der Waals surface area contributed by atoms with Gasteiger partial charge in [-0.05, 0) is 126 Å². The monoisotopic (exact) mass is 854 g/mol. The van der Waals surface area contributed by atoms with Crippen molar-refractivity contribution in [1.29, 1.82) is 0 Å². The fourth-order valence-corrected chi connectivity index (χ4v) is 11.2. The lowest BCUT2D eigenvalue weighted by molar-refractivity contribution is -0.122. The Morgan fingerprint density at radius 1 is 0.600 bits per heavy atom. The van der Waals surface area contributed by atoms with Gasteiger partial charge < -0.3 is 20.4 Å². The van der Waals surface area contributed by atoms with E-state index in [1.807, 2.05) is 39.8 Å². The Balaban J connectivity index is 0.000000181. The van der Waals surface area contributed by atoms with Crippen LogP contribution >= 0.6 is 0 Å². The van der Waals surface area contributed by atoms with Crippen LogP contribution in [0.1, 0.15) is 98.1 Å². The van der Waals surface area contributed by atoms with Gasteiger partial charge in [-0.1, -0.05) is 12.1 Å². The van der Waals surface area contributed by atoms with Gasteiger partial charge in [0.15, 0.2) is 19.7 Å². The van der Waals surface area contributed by atoms with Crippen LogP contribution in [0.2, 0.25) is 0 Å². The first-order valence-electron chi connectivity index (χ1n) is 20.2. The summed E-state index contributed by atoms with van der Waals surface area (Å²) in [6.07, 6.45) is 10.0. The van der Waals surface area contributed by atoms with Gasteiger partial charge in [0, 0.05) is 71.8 Å². The lowest BCUT2D eigenvalue weighted by atomic mass is 9.86. The number of anilines is 4. The maximum absolute atomic E-state index is 13.0.